The third-order valence-corrected chi connectivity index (χ3v) is 8.17. The zero-order valence-electron chi connectivity index (χ0n) is 21.3. The number of rotatable bonds is 10. The van der Waals surface area contributed by atoms with Gasteiger partial charge in [-0.15, -0.1) is 11.8 Å². The van der Waals surface area contributed by atoms with Crippen molar-refractivity contribution in [3.63, 3.8) is 0 Å². The molecule has 8 nitrogen and oxygen atoms in total. The molecule has 204 valence electrons. The number of halogens is 2. The van der Waals surface area contributed by atoms with Crippen molar-refractivity contribution in [2.24, 2.45) is 5.92 Å². The normalized spacial score (nSPS) is 14.8. The minimum absolute atomic E-state index is 0.0913. The number of hydrogen-bond donors (Lipinski definition) is 2. The van der Waals surface area contributed by atoms with Crippen molar-refractivity contribution in [1.29, 1.82) is 0 Å². The fourth-order valence-corrected chi connectivity index (χ4v) is 5.37. The number of piperidine rings is 1. The summed E-state index contributed by atoms with van der Waals surface area (Å²) in [6, 6.07) is 7.68. The van der Waals surface area contributed by atoms with E-state index in [1.165, 1.54) is 32.1 Å². The highest BCUT2D eigenvalue weighted by molar-refractivity contribution is 7.98. The van der Waals surface area contributed by atoms with E-state index in [2.05, 4.69) is 5.32 Å². The van der Waals surface area contributed by atoms with Crippen LogP contribution in [0.15, 0.2) is 41.3 Å². The van der Waals surface area contributed by atoms with Crippen LogP contribution in [-0.4, -0.2) is 67.4 Å². The van der Waals surface area contributed by atoms with E-state index in [9.17, 15) is 19.5 Å². The number of hydrogen-bond acceptors (Lipinski definition) is 6. The molecule has 0 bridgehead atoms. The van der Waals surface area contributed by atoms with Crippen LogP contribution in [0.5, 0.6) is 11.5 Å². The van der Waals surface area contributed by atoms with Gasteiger partial charge in [-0.1, -0.05) is 35.3 Å². The molecule has 0 aromatic heterocycles. The van der Waals surface area contributed by atoms with E-state index in [1.54, 1.807) is 35.2 Å². The largest absolute Gasteiger partial charge is 0.493 e. The second-order valence-corrected chi connectivity index (χ2v) is 10.3. The van der Waals surface area contributed by atoms with Crippen LogP contribution in [-0.2, 0) is 20.8 Å². The fraction of sp³-hybridized carbons (Fsp3) is 0.370. The van der Waals surface area contributed by atoms with Crippen LogP contribution in [0.4, 0.5) is 0 Å². The van der Waals surface area contributed by atoms with Crippen LogP contribution >= 0.6 is 35.0 Å². The predicted octanol–water partition coefficient (Wildman–Crippen LogP) is 4.80. The summed E-state index contributed by atoms with van der Waals surface area (Å²) in [6.45, 7) is 0.767. The molecular formula is C27H30Cl2N2O6S. The van der Waals surface area contributed by atoms with Crippen molar-refractivity contribution in [3.05, 3.63) is 57.6 Å². The average molecular weight is 582 g/mol. The van der Waals surface area contributed by atoms with Gasteiger partial charge in [-0.3, -0.25) is 9.59 Å². The van der Waals surface area contributed by atoms with Crippen LogP contribution < -0.4 is 14.8 Å². The SMILES string of the molecule is COc1ccc(CC(NC(=O)C2CCN(C(=O)/C=C/c3ccc(SC)c(Cl)c3Cl)CC2)C(=O)O)cc1OC. The first-order valence-corrected chi connectivity index (χ1v) is 13.9. The molecule has 1 aliphatic rings. The average Bonchev–Trinajstić information content (AvgIpc) is 2.93. The number of nitrogens with one attached hydrogen (secondary N) is 1. The number of methoxy groups -OCH3 is 2. The molecule has 2 aromatic carbocycles. The molecular weight excluding hydrogens is 551 g/mol. The number of carboxylic acid groups (broad SMARTS) is 1. The Morgan fingerprint density at radius 2 is 1.79 bits per heavy atom. The first kappa shape index (κ1) is 29.7. The summed E-state index contributed by atoms with van der Waals surface area (Å²) in [5.74, 6) is -1.03. The lowest BCUT2D eigenvalue weighted by Crippen LogP contribution is -2.48. The van der Waals surface area contributed by atoms with Crippen LogP contribution in [0.3, 0.4) is 0 Å². The smallest absolute Gasteiger partial charge is 0.326 e. The number of likely N-dealkylation sites (tertiary alicyclic amines) is 1. The number of carboxylic acids is 1. The first-order chi connectivity index (χ1) is 18.2. The molecule has 3 rings (SSSR count). The Hall–Kier alpha value is -2.88. The van der Waals surface area contributed by atoms with Gasteiger partial charge in [0, 0.05) is 36.4 Å². The molecule has 0 radical (unpaired) electrons. The standard InChI is InChI=1S/C27H30Cl2N2O6S/c1-36-20-7-4-16(15-21(20)37-2)14-19(27(34)35)30-26(33)18-10-12-31(13-11-18)23(32)9-6-17-5-8-22(38-3)25(29)24(17)28/h4-9,15,18-19H,10-14H2,1-3H3,(H,30,33)(H,34,35)/b9-6+. The van der Waals surface area contributed by atoms with Gasteiger partial charge < -0.3 is 24.8 Å². The lowest BCUT2D eigenvalue weighted by Gasteiger charge is -2.31. The first-order valence-electron chi connectivity index (χ1n) is 11.9. The van der Waals surface area contributed by atoms with Crippen molar-refractivity contribution < 1.29 is 29.0 Å². The Balaban J connectivity index is 1.56. The summed E-state index contributed by atoms with van der Waals surface area (Å²) in [5.41, 5.74) is 1.33. The number of carbonyl (C=O) groups excluding carboxylic acids is 2. The van der Waals surface area contributed by atoms with E-state index in [4.69, 9.17) is 32.7 Å². The Labute approximate surface area is 236 Å². The lowest BCUT2D eigenvalue weighted by molar-refractivity contribution is -0.142. The summed E-state index contributed by atoms with van der Waals surface area (Å²) in [4.78, 5) is 39.9. The minimum Gasteiger partial charge on any atom is -0.493 e. The molecule has 1 aliphatic heterocycles. The van der Waals surface area contributed by atoms with Crippen molar-refractivity contribution in [2.75, 3.05) is 33.6 Å². The Morgan fingerprint density at radius 3 is 2.39 bits per heavy atom. The summed E-state index contributed by atoms with van der Waals surface area (Å²) in [7, 11) is 3.02. The Kier molecular flexibility index (Phi) is 10.8. The van der Waals surface area contributed by atoms with Gasteiger partial charge in [-0.05, 0) is 54.5 Å². The topological polar surface area (TPSA) is 105 Å². The number of benzene rings is 2. The Bertz CT molecular complexity index is 1210. The fourth-order valence-electron chi connectivity index (χ4n) is 4.19. The maximum atomic E-state index is 12.9. The molecule has 1 fully saturated rings. The van der Waals surface area contributed by atoms with Crippen molar-refractivity contribution in [3.8, 4) is 11.5 Å². The molecule has 1 heterocycles. The predicted molar refractivity (Wildman–Crippen MR) is 149 cm³/mol. The maximum absolute atomic E-state index is 12.9. The maximum Gasteiger partial charge on any atom is 0.326 e. The van der Waals surface area contributed by atoms with E-state index in [0.717, 1.165) is 4.90 Å². The molecule has 2 amide bonds. The van der Waals surface area contributed by atoms with Crippen LogP contribution in [0, 0.1) is 5.92 Å². The van der Waals surface area contributed by atoms with E-state index in [-0.39, 0.29) is 24.2 Å². The molecule has 1 unspecified atom stereocenters. The highest BCUT2D eigenvalue weighted by Crippen LogP contribution is 2.35. The van der Waals surface area contributed by atoms with Crippen molar-refractivity contribution in [2.45, 2.75) is 30.2 Å². The van der Waals surface area contributed by atoms with Crippen LogP contribution in [0.25, 0.3) is 6.08 Å². The quantitative estimate of drug-likeness (QED) is 0.307. The zero-order chi connectivity index (χ0) is 27.8. The molecule has 1 atom stereocenters. The second-order valence-electron chi connectivity index (χ2n) is 8.71. The number of ether oxygens (including phenoxy) is 2. The van der Waals surface area contributed by atoms with Crippen molar-refractivity contribution >= 4 is 58.8 Å². The van der Waals surface area contributed by atoms with Gasteiger partial charge in [0.05, 0.1) is 24.3 Å². The monoisotopic (exact) mass is 580 g/mol. The molecule has 38 heavy (non-hydrogen) atoms. The van der Waals surface area contributed by atoms with Gasteiger partial charge in [0.2, 0.25) is 11.8 Å². The lowest BCUT2D eigenvalue weighted by atomic mass is 9.95. The number of nitrogens with zero attached hydrogens (tertiary/aromatic N) is 1. The van der Waals surface area contributed by atoms with E-state index < -0.39 is 12.0 Å². The molecule has 1 saturated heterocycles. The zero-order valence-corrected chi connectivity index (χ0v) is 23.7. The van der Waals surface area contributed by atoms with Crippen LogP contribution in [0.2, 0.25) is 10.0 Å². The number of thioether (sulfide) groups is 1. The highest BCUT2D eigenvalue weighted by atomic mass is 35.5. The Morgan fingerprint density at radius 1 is 1.11 bits per heavy atom. The third kappa shape index (κ3) is 7.36. The highest BCUT2D eigenvalue weighted by Gasteiger charge is 2.30. The molecule has 2 aromatic rings. The van der Waals surface area contributed by atoms with Gasteiger partial charge in [-0.2, -0.15) is 0 Å². The van der Waals surface area contributed by atoms with Gasteiger partial charge in [-0.25, -0.2) is 4.79 Å². The molecule has 0 saturated carbocycles. The summed E-state index contributed by atoms with van der Waals surface area (Å²) < 4.78 is 10.5. The molecule has 0 aliphatic carbocycles. The van der Waals surface area contributed by atoms with Crippen LogP contribution in [0.1, 0.15) is 24.0 Å². The van der Waals surface area contributed by atoms with Gasteiger partial charge in [0.1, 0.15) is 6.04 Å². The van der Waals surface area contributed by atoms with E-state index in [0.29, 0.717) is 58.6 Å². The van der Waals surface area contributed by atoms with E-state index in [1.807, 2.05) is 12.3 Å². The summed E-state index contributed by atoms with van der Waals surface area (Å²) >= 11 is 14.1. The number of aliphatic carboxylic acids is 1. The van der Waals surface area contributed by atoms with Gasteiger partial charge in [0.15, 0.2) is 11.5 Å². The van der Waals surface area contributed by atoms with E-state index >= 15 is 0 Å². The minimum atomic E-state index is -1.13. The number of carbonyl (C=O) groups is 3. The summed E-state index contributed by atoms with van der Waals surface area (Å²) in [5, 5.41) is 13.2. The van der Waals surface area contributed by atoms with Crippen molar-refractivity contribution in [1.82, 2.24) is 10.2 Å². The van der Waals surface area contributed by atoms with Gasteiger partial charge in [0.25, 0.3) is 0 Å². The number of amides is 2. The third-order valence-electron chi connectivity index (χ3n) is 6.38. The molecule has 2 N–H and O–H groups in total. The second kappa shape index (κ2) is 13.8. The molecule has 11 heteroatoms. The summed E-state index contributed by atoms with van der Waals surface area (Å²) in [6.07, 6.45) is 5.94. The molecule has 0 spiro atoms. The van der Waals surface area contributed by atoms with Gasteiger partial charge >= 0.3 is 5.97 Å².